The number of aromatic nitrogens is 5. The Morgan fingerprint density at radius 1 is 1.20 bits per heavy atom. The van der Waals surface area contributed by atoms with E-state index in [4.69, 9.17) is 0 Å². The van der Waals surface area contributed by atoms with E-state index in [1.54, 1.807) is 29.4 Å². The molecule has 4 rings (SSSR count). The zero-order chi connectivity index (χ0) is 16.4. The van der Waals surface area contributed by atoms with Gasteiger partial charge in [0, 0.05) is 24.3 Å². The number of fused-ring (bicyclic) bond motifs is 1. The highest BCUT2D eigenvalue weighted by Crippen LogP contribution is 2.10. The summed E-state index contributed by atoms with van der Waals surface area (Å²) >= 11 is 0. The Bertz CT molecular complexity index is 819. The molecule has 1 aliphatic heterocycles. The molecule has 0 fully saturated rings. The van der Waals surface area contributed by atoms with Crippen LogP contribution in [0.5, 0.6) is 0 Å². The molecule has 9 heteroatoms. The van der Waals surface area contributed by atoms with Crippen molar-refractivity contribution in [2.45, 2.75) is 19.6 Å². The Morgan fingerprint density at radius 3 is 2.68 bits per heavy atom. The summed E-state index contributed by atoms with van der Waals surface area (Å²) in [6.07, 6.45) is 3.23. The van der Waals surface area contributed by atoms with E-state index in [1.807, 2.05) is 22.9 Å². The number of hydrogen-bond donors (Lipinski definition) is 2. The summed E-state index contributed by atoms with van der Waals surface area (Å²) in [5.41, 5.74) is 3.55. The molecule has 0 atom stereocenters. The molecule has 2 N–H and O–H groups in total. The molecule has 3 aromatic rings. The van der Waals surface area contributed by atoms with Gasteiger partial charge in [0.15, 0.2) is 0 Å². The monoisotopic (exact) mass is 359 g/mol. The molecule has 0 radical (unpaired) electrons. The highest BCUT2D eigenvalue weighted by Gasteiger charge is 2.12. The van der Waals surface area contributed by atoms with Gasteiger partial charge in [0.05, 0.1) is 24.5 Å². The minimum absolute atomic E-state index is 0. The second-order valence-corrected chi connectivity index (χ2v) is 5.63. The zero-order valence-electron chi connectivity index (χ0n) is 13.4. The van der Waals surface area contributed by atoms with Crippen LogP contribution in [0.15, 0.2) is 43.0 Å². The number of nitrogens with zero attached hydrogens (tertiary/aromatic N) is 5. The fraction of sp³-hybridized carbons (Fsp3) is 0.250. The Morgan fingerprint density at radius 2 is 1.96 bits per heavy atom. The van der Waals surface area contributed by atoms with Gasteiger partial charge in [-0.1, -0.05) is 0 Å². The van der Waals surface area contributed by atoms with Gasteiger partial charge in [0.2, 0.25) is 0 Å². The molecule has 0 unspecified atom stereocenters. The third-order valence-electron chi connectivity index (χ3n) is 4.00. The molecular weight excluding hydrogens is 342 g/mol. The summed E-state index contributed by atoms with van der Waals surface area (Å²) in [7, 11) is 0. The smallest absolute Gasteiger partial charge is 0.251 e. The van der Waals surface area contributed by atoms with Crippen molar-refractivity contribution in [1.29, 1.82) is 0 Å². The lowest BCUT2D eigenvalue weighted by Crippen LogP contribution is -2.28. The van der Waals surface area contributed by atoms with Crippen molar-refractivity contribution >= 4 is 18.3 Å². The Balaban J connectivity index is 0.00000182. The number of rotatable bonds is 4. The van der Waals surface area contributed by atoms with Gasteiger partial charge in [-0.15, -0.1) is 22.6 Å². The number of amides is 1. The Labute approximate surface area is 150 Å². The Kier molecular flexibility index (Phi) is 5.11. The molecule has 0 saturated carbocycles. The molecule has 0 aliphatic carbocycles. The predicted molar refractivity (Wildman–Crippen MR) is 93.7 cm³/mol. The first kappa shape index (κ1) is 17.1. The van der Waals surface area contributed by atoms with Gasteiger partial charge >= 0.3 is 0 Å². The summed E-state index contributed by atoms with van der Waals surface area (Å²) in [4.78, 5) is 12.3. The van der Waals surface area contributed by atoms with Crippen LogP contribution in [0.3, 0.4) is 0 Å². The largest absolute Gasteiger partial charge is 0.346 e. The van der Waals surface area contributed by atoms with Crippen LogP contribution in [0.25, 0.3) is 5.69 Å². The van der Waals surface area contributed by atoms with Gasteiger partial charge in [0.1, 0.15) is 12.7 Å². The SMILES string of the molecule is Cl.O=C(NCc1cc2n(n1)CCNC2)c1ccc(-n2cnnc2)cc1. The fourth-order valence-corrected chi connectivity index (χ4v) is 2.73. The quantitative estimate of drug-likeness (QED) is 0.723. The molecule has 2 aromatic heterocycles. The highest BCUT2D eigenvalue weighted by molar-refractivity contribution is 5.94. The number of carbonyl (C=O) groups is 1. The molecular formula is C16H18ClN7O. The minimum Gasteiger partial charge on any atom is -0.346 e. The highest BCUT2D eigenvalue weighted by atomic mass is 35.5. The van der Waals surface area contributed by atoms with E-state index in [2.05, 4.69) is 25.9 Å². The van der Waals surface area contributed by atoms with Crippen LogP contribution < -0.4 is 10.6 Å². The van der Waals surface area contributed by atoms with Crippen LogP contribution in [0, 0.1) is 0 Å². The zero-order valence-corrected chi connectivity index (χ0v) is 14.2. The molecule has 1 aliphatic rings. The lowest BCUT2D eigenvalue weighted by atomic mass is 10.2. The van der Waals surface area contributed by atoms with Crippen molar-refractivity contribution < 1.29 is 4.79 Å². The van der Waals surface area contributed by atoms with E-state index >= 15 is 0 Å². The summed E-state index contributed by atoms with van der Waals surface area (Å²) in [6, 6.07) is 9.32. The first-order valence-electron chi connectivity index (χ1n) is 7.79. The average Bonchev–Trinajstić information content (AvgIpc) is 3.29. The van der Waals surface area contributed by atoms with Gasteiger partial charge in [-0.3, -0.25) is 14.0 Å². The van der Waals surface area contributed by atoms with Crippen LogP contribution in [0.4, 0.5) is 0 Å². The maximum atomic E-state index is 12.3. The molecule has 1 aromatic carbocycles. The molecule has 3 heterocycles. The summed E-state index contributed by atoms with van der Waals surface area (Å²) in [6.45, 7) is 3.05. The van der Waals surface area contributed by atoms with Gasteiger partial charge in [-0.05, 0) is 30.3 Å². The normalized spacial score (nSPS) is 13.0. The lowest BCUT2D eigenvalue weighted by molar-refractivity contribution is 0.0950. The molecule has 130 valence electrons. The lowest BCUT2D eigenvalue weighted by Gasteiger charge is -2.13. The van der Waals surface area contributed by atoms with Gasteiger partial charge in [-0.25, -0.2) is 0 Å². The van der Waals surface area contributed by atoms with Crippen LogP contribution in [-0.4, -0.2) is 37.0 Å². The number of halogens is 1. The predicted octanol–water partition coefficient (Wildman–Crippen LogP) is 0.919. The summed E-state index contributed by atoms with van der Waals surface area (Å²) in [5.74, 6) is -0.116. The van der Waals surface area contributed by atoms with Crippen LogP contribution in [0.1, 0.15) is 21.7 Å². The number of hydrogen-bond acceptors (Lipinski definition) is 5. The molecule has 0 bridgehead atoms. The van der Waals surface area contributed by atoms with Crippen molar-refractivity contribution in [3.63, 3.8) is 0 Å². The van der Waals surface area contributed by atoms with Gasteiger partial charge in [0.25, 0.3) is 5.91 Å². The van der Waals surface area contributed by atoms with Crippen LogP contribution >= 0.6 is 12.4 Å². The maximum Gasteiger partial charge on any atom is 0.251 e. The van der Waals surface area contributed by atoms with E-state index in [-0.39, 0.29) is 18.3 Å². The summed E-state index contributed by atoms with van der Waals surface area (Å²) < 4.78 is 3.78. The second-order valence-electron chi connectivity index (χ2n) is 5.63. The Hall–Kier alpha value is -2.71. The standard InChI is InChI=1S/C16H17N7O.ClH/c24-16(12-1-3-14(4-2-12)22-10-19-20-11-22)18-8-13-7-15-9-17-5-6-23(15)21-13;/h1-4,7,10-11,17H,5-6,8-9H2,(H,18,24);1H. The van der Waals surface area contributed by atoms with E-state index < -0.39 is 0 Å². The topological polar surface area (TPSA) is 89.7 Å². The van der Waals surface area contributed by atoms with Crippen molar-refractivity contribution in [2.24, 2.45) is 0 Å². The van der Waals surface area contributed by atoms with E-state index in [0.717, 1.165) is 36.7 Å². The van der Waals surface area contributed by atoms with Gasteiger partial charge in [-0.2, -0.15) is 5.10 Å². The van der Waals surface area contributed by atoms with Crippen LogP contribution in [-0.2, 0) is 19.6 Å². The molecule has 0 spiro atoms. The fourth-order valence-electron chi connectivity index (χ4n) is 2.73. The number of benzene rings is 1. The maximum absolute atomic E-state index is 12.3. The number of nitrogens with one attached hydrogen (secondary N) is 2. The van der Waals surface area contributed by atoms with E-state index in [1.165, 1.54) is 0 Å². The molecule has 0 saturated heterocycles. The number of carbonyl (C=O) groups excluding carboxylic acids is 1. The minimum atomic E-state index is -0.116. The first-order valence-corrected chi connectivity index (χ1v) is 7.79. The third kappa shape index (κ3) is 3.70. The van der Waals surface area contributed by atoms with Crippen molar-refractivity contribution in [2.75, 3.05) is 6.54 Å². The van der Waals surface area contributed by atoms with Crippen molar-refractivity contribution in [3.8, 4) is 5.69 Å². The third-order valence-corrected chi connectivity index (χ3v) is 4.00. The molecule has 1 amide bonds. The molecule has 8 nitrogen and oxygen atoms in total. The average molecular weight is 360 g/mol. The second kappa shape index (κ2) is 7.45. The van der Waals surface area contributed by atoms with Crippen molar-refractivity contribution in [1.82, 2.24) is 35.2 Å². The van der Waals surface area contributed by atoms with Crippen LogP contribution in [0.2, 0.25) is 0 Å². The first-order chi connectivity index (χ1) is 11.8. The molecule has 25 heavy (non-hydrogen) atoms. The summed E-state index contributed by atoms with van der Waals surface area (Å²) in [5, 5.41) is 18.3. The van der Waals surface area contributed by atoms with Gasteiger partial charge < -0.3 is 10.6 Å². The van der Waals surface area contributed by atoms with E-state index in [0.29, 0.717) is 12.1 Å². The van der Waals surface area contributed by atoms with Crippen molar-refractivity contribution in [3.05, 3.63) is 59.9 Å². The van der Waals surface area contributed by atoms with E-state index in [9.17, 15) is 4.79 Å².